The molecule has 0 spiro atoms. The van der Waals surface area contributed by atoms with Gasteiger partial charge in [-0.05, 0) is 73.6 Å². The van der Waals surface area contributed by atoms with Crippen LogP contribution in [0.5, 0.6) is 0 Å². The Kier molecular flexibility index (Phi) is 7.34. The zero-order chi connectivity index (χ0) is 25.1. The van der Waals surface area contributed by atoms with Gasteiger partial charge in [-0.3, -0.25) is 0 Å². The Hall–Kier alpha value is -2.84. The minimum absolute atomic E-state index is 0.0130. The topological polar surface area (TPSA) is 79.0 Å². The van der Waals surface area contributed by atoms with Crippen molar-refractivity contribution in [3.8, 4) is 11.1 Å². The molecule has 3 saturated heterocycles. The van der Waals surface area contributed by atoms with Crippen LogP contribution in [-0.4, -0.2) is 74.1 Å². The third-order valence-electron chi connectivity index (χ3n) is 7.75. The van der Waals surface area contributed by atoms with Gasteiger partial charge in [-0.25, -0.2) is 9.78 Å². The van der Waals surface area contributed by atoms with E-state index >= 15 is 0 Å². The fraction of sp³-hybridized carbons (Fsp3) is 0.571. The molecule has 2 atom stereocenters. The van der Waals surface area contributed by atoms with Gasteiger partial charge in [0.2, 0.25) is 0 Å². The highest BCUT2D eigenvalue weighted by Gasteiger charge is 2.30. The van der Waals surface area contributed by atoms with Gasteiger partial charge >= 0.3 is 6.03 Å². The van der Waals surface area contributed by atoms with Crippen LogP contribution in [0.3, 0.4) is 0 Å². The number of carbonyl (C=O) groups is 1. The average Bonchev–Trinajstić information content (AvgIpc) is 3.55. The molecule has 0 radical (unpaired) electrons. The van der Waals surface area contributed by atoms with Gasteiger partial charge in [0.15, 0.2) is 0 Å². The zero-order valence-electron chi connectivity index (χ0n) is 21.8. The molecule has 5 rings (SSSR count). The maximum absolute atomic E-state index is 12.9. The Bertz CT molecular complexity index is 1080. The fourth-order valence-electron chi connectivity index (χ4n) is 5.33. The molecular formula is C28H39N5O3. The van der Waals surface area contributed by atoms with Gasteiger partial charge in [0.1, 0.15) is 11.6 Å². The van der Waals surface area contributed by atoms with Gasteiger partial charge in [-0.15, -0.1) is 0 Å². The Morgan fingerprint density at radius 2 is 1.97 bits per heavy atom. The van der Waals surface area contributed by atoms with E-state index in [2.05, 4.69) is 60.6 Å². The number of morpholine rings is 1. The van der Waals surface area contributed by atoms with Crippen molar-refractivity contribution in [1.29, 1.82) is 0 Å². The van der Waals surface area contributed by atoms with Crippen LogP contribution in [0.15, 0.2) is 30.3 Å². The lowest BCUT2D eigenvalue weighted by molar-refractivity contribution is 0.122. The van der Waals surface area contributed by atoms with Crippen molar-refractivity contribution in [2.24, 2.45) is 5.92 Å². The van der Waals surface area contributed by atoms with E-state index in [1.165, 1.54) is 0 Å². The summed E-state index contributed by atoms with van der Waals surface area (Å²) < 4.78 is 11.2. The van der Waals surface area contributed by atoms with Crippen LogP contribution in [0.1, 0.15) is 38.7 Å². The maximum atomic E-state index is 12.9. The van der Waals surface area contributed by atoms with Crippen LogP contribution in [-0.2, 0) is 9.47 Å². The molecule has 194 valence electrons. The van der Waals surface area contributed by atoms with Crippen LogP contribution in [0.2, 0.25) is 0 Å². The van der Waals surface area contributed by atoms with Crippen molar-refractivity contribution >= 4 is 23.4 Å². The first-order valence-electron chi connectivity index (χ1n) is 13.3. The number of aromatic nitrogens is 1. The molecule has 2 amide bonds. The monoisotopic (exact) mass is 493 g/mol. The van der Waals surface area contributed by atoms with E-state index in [0.717, 1.165) is 86.1 Å². The predicted octanol–water partition coefficient (Wildman–Crippen LogP) is 4.75. The molecule has 2 aromatic rings. The molecule has 4 heterocycles. The lowest BCUT2D eigenvalue weighted by atomic mass is 9.99. The number of likely N-dealkylation sites (tertiary alicyclic amines) is 1. The SMILES string of the molecule is CC[C@@H]1CCN(C(=O)Nc2ccc(C)c(-c3cc(NC4(C)CCOC4)nc(N4CCOCC4)c3)c2)C1. The van der Waals surface area contributed by atoms with Gasteiger partial charge in [0.05, 0.1) is 25.4 Å². The molecule has 0 saturated carbocycles. The van der Waals surface area contributed by atoms with E-state index in [4.69, 9.17) is 14.5 Å². The van der Waals surface area contributed by atoms with Crippen molar-refractivity contribution in [3.05, 3.63) is 35.9 Å². The van der Waals surface area contributed by atoms with Crippen molar-refractivity contribution in [1.82, 2.24) is 9.88 Å². The lowest BCUT2D eigenvalue weighted by Crippen LogP contribution is -2.38. The predicted molar refractivity (Wildman–Crippen MR) is 144 cm³/mol. The summed E-state index contributed by atoms with van der Waals surface area (Å²) >= 11 is 0. The maximum Gasteiger partial charge on any atom is 0.321 e. The fourth-order valence-corrected chi connectivity index (χ4v) is 5.33. The number of benzene rings is 1. The number of pyridine rings is 1. The number of nitrogens with one attached hydrogen (secondary N) is 2. The molecule has 36 heavy (non-hydrogen) atoms. The number of amides is 2. The number of nitrogens with zero attached hydrogens (tertiary/aromatic N) is 3. The van der Waals surface area contributed by atoms with Gasteiger partial charge in [0, 0.05) is 38.5 Å². The van der Waals surface area contributed by atoms with E-state index in [9.17, 15) is 4.79 Å². The average molecular weight is 494 g/mol. The van der Waals surface area contributed by atoms with Gasteiger partial charge in [-0.1, -0.05) is 19.4 Å². The standard InChI is InChI=1S/C28H39N5O3/c1-4-21-7-9-33(18-21)27(34)29-23-6-5-20(2)24(17-23)22-15-25(31-28(3)8-12-36-19-28)30-26(16-22)32-10-13-35-14-11-32/h5-6,15-17,21H,4,7-14,18-19H2,1-3H3,(H,29,34)(H,30,31)/t21-,28?/m1/s1. The molecule has 2 N–H and O–H groups in total. The summed E-state index contributed by atoms with van der Waals surface area (Å²) in [5.74, 6) is 2.40. The van der Waals surface area contributed by atoms with Gasteiger partial charge in [-0.2, -0.15) is 0 Å². The quantitative estimate of drug-likeness (QED) is 0.605. The van der Waals surface area contributed by atoms with Crippen molar-refractivity contribution in [2.75, 3.05) is 68.1 Å². The molecule has 0 aliphatic carbocycles. The summed E-state index contributed by atoms with van der Waals surface area (Å²) in [6, 6.07) is 10.4. The molecule has 1 unspecified atom stereocenters. The highest BCUT2D eigenvalue weighted by Crippen LogP contribution is 2.33. The molecule has 0 bridgehead atoms. The molecule has 3 fully saturated rings. The van der Waals surface area contributed by atoms with Gasteiger partial charge < -0.3 is 29.9 Å². The van der Waals surface area contributed by atoms with Crippen molar-refractivity contribution in [3.63, 3.8) is 0 Å². The number of ether oxygens (including phenoxy) is 2. The Labute approximate surface area is 214 Å². The number of anilines is 3. The summed E-state index contributed by atoms with van der Waals surface area (Å²) in [4.78, 5) is 22.1. The summed E-state index contributed by atoms with van der Waals surface area (Å²) in [6.07, 6.45) is 3.15. The second kappa shape index (κ2) is 10.6. The first kappa shape index (κ1) is 24.8. The molecule has 3 aliphatic rings. The van der Waals surface area contributed by atoms with E-state index < -0.39 is 0 Å². The molecule has 1 aromatic carbocycles. The van der Waals surface area contributed by atoms with Crippen LogP contribution < -0.4 is 15.5 Å². The third kappa shape index (κ3) is 5.60. The molecule has 8 heteroatoms. The minimum Gasteiger partial charge on any atom is -0.379 e. The number of urea groups is 1. The van der Waals surface area contributed by atoms with Crippen LogP contribution in [0.25, 0.3) is 11.1 Å². The smallest absolute Gasteiger partial charge is 0.321 e. The van der Waals surface area contributed by atoms with E-state index in [0.29, 0.717) is 25.7 Å². The summed E-state index contributed by atoms with van der Waals surface area (Å²) in [7, 11) is 0. The highest BCUT2D eigenvalue weighted by molar-refractivity contribution is 5.91. The Balaban J connectivity index is 1.43. The molecule has 1 aromatic heterocycles. The van der Waals surface area contributed by atoms with E-state index in [-0.39, 0.29) is 11.6 Å². The molecular weight excluding hydrogens is 454 g/mol. The Morgan fingerprint density at radius 3 is 2.69 bits per heavy atom. The minimum atomic E-state index is -0.134. The third-order valence-corrected chi connectivity index (χ3v) is 7.75. The largest absolute Gasteiger partial charge is 0.379 e. The second-order valence-corrected chi connectivity index (χ2v) is 10.7. The van der Waals surface area contributed by atoms with E-state index in [1.807, 2.05) is 11.0 Å². The molecule has 8 nitrogen and oxygen atoms in total. The van der Waals surface area contributed by atoms with Crippen molar-refractivity contribution < 1.29 is 14.3 Å². The first-order chi connectivity index (χ1) is 17.4. The lowest BCUT2D eigenvalue weighted by Gasteiger charge is -2.30. The van der Waals surface area contributed by atoms with Crippen LogP contribution >= 0.6 is 0 Å². The highest BCUT2D eigenvalue weighted by atomic mass is 16.5. The van der Waals surface area contributed by atoms with Crippen LogP contribution in [0, 0.1) is 12.8 Å². The zero-order valence-corrected chi connectivity index (χ0v) is 21.8. The molecule has 3 aliphatic heterocycles. The van der Waals surface area contributed by atoms with E-state index in [1.54, 1.807) is 0 Å². The number of carbonyl (C=O) groups excluding carboxylic acids is 1. The summed E-state index contributed by atoms with van der Waals surface area (Å²) in [6.45, 7) is 12.6. The second-order valence-electron chi connectivity index (χ2n) is 10.7. The summed E-state index contributed by atoms with van der Waals surface area (Å²) in [5.41, 5.74) is 4.01. The number of rotatable bonds is 6. The first-order valence-corrected chi connectivity index (χ1v) is 13.3. The van der Waals surface area contributed by atoms with Crippen LogP contribution in [0.4, 0.5) is 22.1 Å². The summed E-state index contributed by atoms with van der Waals surface area (Å²) in [5, 5.41) is 6.78. The number of hydrogen-bond donors (Lipinski definition) is 2. The number of hydrogen-bond acceptors (Lipinski definition) is 6. The number of aryl methyl sites for hydroxylation is 1. The van der Waals surface area contributed by atoms with Gasteiger partial charge in [0.25, 0.3) is 0 Å². The Morgan fingerprint density at radius 1 is 1.14 bits per heavy atom. The van der Waals surface area contributed by atoms with Crippen molar-refractivity contribution in [2.45, 2.75) is 45.6 Å². The normalized spacial score (nSPS) is 24.2.